The van der Waals surface area contributed by atoms with E-state index < -0.39 is 0 Å². The second-order valence-corrected chi connectivity index (χ2v) is 5.63. The van der Waals surface area contributed by atoms with Crippen molar-refractivity contribution in [3.05, 3.63) is 59.2 Å². The van der Waals surface area contributed by atoms with E-state index in [1.807, 2.05) is 44.2 Å². The average molecular weight is 296 g/mol. The fraction of sp³-hybridized carbons (Fsp3) is 0.316. The van der Waals surface area contributed by atoms with Gasteiger partial charge >= 0.3 is 0 Å². The number of anilines is 2. The van der Waals surface area contributed by atoms with Crippen LogP contribution in [-0.2, 0) is 4.79 Å². The van der Waals surface area contributed by atoms with Gasteiger partial charge in [-0.05, 0) is 68.7 Å². The van der Waals surface area contributed by atoms with E-state index in [1.165, 1.54) is 11.1 Å². The van der Waals surface area contributed by atoms with Gasteiger partial charge in [0.25, 0.3) is 0 Å². The predicted octanol–water partition coefficient (Wildman–Crippen LogP) is 4.08. The number of carbonyl (C=O) groups is 1. The summed E-state index contributed by atoms with van der Waals surface area (Å²) in [5.41, 5.74) is 5.58. The Morgan fingerprint density at radius 2 is 1.82 bits per heavy atom. The zero-order chi connectivity index (χ0) is 16.1. The molecule has 116 valence electrons. The number of nitrogens with one attached hydrogen (secondary N) is 1. The van der Waals surface area contributed by atoms with Crippen molar-refractivity contribution >= 4 is 17.3 Å². The van der Waals surface area contributed by atoms with Crippen molar-refractivity contribution in [1.29, 1.82) is 0 Å². The highest BCUT2D eigenvalue weighted by molar-refractivity contribution is 5.96. The fourth-order valence-electron chi connectivity index (χ4n) is 2.42. The maximum absolute atomic E-state index is 12.5. The molecule has 2 aromatic carbocycles. The van der Waals surface area contributed by atoms with E-state index in [0.29, 0.717) is 13.1 Å². The van der Waals surface area contributed by atoms with E-state index in [1.54, 1.807) is 4.90 Å². The molecule has 0 fully saturated rings. The van der Waals surface area contributed by atoms with E-state index in [-0.39, 0.29) is 5.91 Å². The van der Waals surface area contributed by atoms with E-state index in [9.17, 15) is 4.79 Å². The Hall–Kier alpha value is -2.29. The monoisotopic (exact) mass is 296 g/mol. The molecule has 2 aromatic rings. The zero-order valence-electron chi connectivity index (χ0n) is 13.8. The van der Waals surface area contributed by atoms with Crippen LogP contribution in [0.4, 0.5) is 11.4 Å². The summed E-state index contributed by atoms with van der Waals surface area (Å²) in [7, 11) is 0. The second kappa shape index (κ2) is 7.12. The summed E-state index contributed by atoms with van der Waals surface area (Å²) >= 11 is 0. The molecule has 0 aromatic heterocycles. The number of carbonyl (C=O) groups excluding carboxylic acids is 1. The van der Waals surface area contributed by atoms with Crippen LogP contribution in [0.3, 0.4) is 0 Å². The van der Waals surface area contributed by atoms with Gasteiger partial charge in [-0.15, -0.1) is 0 Å². The first kappa shape index (κ1) is 16.1. The summed E-state index contributed by atoms with van der Waals surface area (Å²) in [5, 5.41) is 3.22. The lowest BCUT2D eigenvalue weighted by Crippen LogP contribution is -2.35. The van der Waals surface area contributed by atoms with Crippen LogP contribution in [0.1, 0.15) is 23.6 Å². The SMILES string of the molecule is CCN(C(=O)CNc1ccc(C)c(C)c1)c1cccc(C)c1. The molecule has 0 spiro atoms. The topological polar surface area (TPSA) is 32.3 Å². The third kappa shape index (κ3) is 3.88. The van der Waals surface area contributed by atoms with Crippen LogP contribution >= 0.6 is 0 Å². The largest absolute Gasteiger partial charge is 0.376 e. The number of rotatable bonds is 5. The summed E-state index contributed by atoms with van der Waals surface area (Å²) in [6.45, 7) is 9.15. The molecule has 0 atom stereocenters. The molecular weight excluding hydrogens is 272 g/mol. The Balaban J connectivity index is 2.05. The van der Waals surface area contributed by atoms with Crippen LogP contribution in [0.25, 0.3) is 0 Å². The molecule has 3 heteroatoms. The van der Waals surface area contributed by atoms with E-state index >= 15 is 0 Å². The molecule has 22 heavy (non-hydrogen) atoms. The van der Waals surface area contributed by atoms with Crippen LogP contribution < -0.4 is 10.2 Å². The lowest BCUT2D eigenvalue weighted by Gasteiger charge is -2.22. The summed E-state index contributed by atoms with van der Waals surface area (Å²) < 4.78 is 0. The minimum atomic E-state index is 0.0753. The average Bonchev–Trinajstić information content (AvgIpc) is 2.49. The van der Waals surface area contributed by atoms with E-state index in [4.69, 9.17) is 0 Å². The van der Waals surface area contributed by atoms with Crippen molar-refractivity contribution in [1.82, 2.24) is 0 Å². The van der Waals surface area contributed by atoms with E-state index in [2.05, 4.69) is 31.3 Å². The number of nitrogens with zero attached hydrogens (tertiary/aromatic N) is 1. The minimum absolute atomic E-state index is 0.0753. The fourth-order valence-corrected chi connectivity index (χ4v) is 2.42. The normalized spacial score (nSPS) is 10.4. The van der Waals surface area contributed by atoms with Gasteiger partial charge < -0.3 is 10.2 Å². The highest BCUT2D eigenvalue weighted by atomic mass is 16.2. The van der Waals surface area contributed by atoms with Gasteiger partial charge in [0.05, 0.1) is 6.54 Å². The Kier molecular flexibility index (Phi) is 5.21. The molecule has 3 nitrogen and oxygen atoms in total. The van der Waals surface area contributed by atoms with Crippen LogP contribution in [0.5, 0.6) is 0 Å². The molecule has 0 aliphatic carbocycles. The number of aryl methyl sites for hydroxylation is 3. The lowest BCUT2D eigenvalue weighted by atomic mass is 10.1. The first-order chi connectivity index (χ1) is 10.5. The van der Waals surface area contributed by atoms with Gasteiger partial charge in [-0.25, -0.2) is 0 Å². The highest BCUT2D eigenvalue weighted by Crippen LogP contribution is 2.17. The van der Waals surface area contributed by atoms with Crippen molar-refractivity contribution in [2.45, 2.75) is 27.7 Å². The molecular formula is C19H24N2O. The molecule has 2 rings (SSSR count). The molecule has 1 N–H and O–H groups in total. The van der Waals surface area contributed by atoms with Crippen molar-refractivity contribution < 1.29 is 4.79 Å². The number of benzene rings is 2. The Bertz CT molecular complexity index is 664. The van der Waals surface area contributed by atoms with Gasteiger partial charge in [-0.1, -0.05) is 18.2 Å². The lowest BCUT2D eigenvalue weighted by molar-refractivity contribution is -0.116. The summed E-state index contributed by atoms with van der Waals surface area (Å²) in [4.78, 5) is 14.3. The maximum Gasteiger partial charge on any atom is 0.246 e. The molecule has 0 radical (unpaired) electrons. The Labute approximate surface area is 133 Å². The van der Waals surface area contributed by atoms with Crippen molar-refractivity contribution in [3.63, 3.8) is 0 Å². The van der Waals surface area contributed by atoms with Crippen LogP contribution in [0.15, 0.2) is 42.5 Å². The maximum atomic E-state index is 12.5. The predicted molar refractivity (Wildman–Crippen MR) is 93.6 cm³/mol. The first-order valence-electron chi connectivity index (χ1n) is 7.69. The molecule has 0 aliphatic rings. The summed E-state index contributed by atoms with van der Waals surface area (Å²) in [6.07, 6.45) is 0. The Morgan fingerprint density at radius 1 is 1.05 bits per heavy atom. The smallest absolute Gasteiger partial charge is 0.246 e. The third-order valence-electron chi connectivity index (χ3n) is 3.88. The molecule has 1 amide bonds. The van der Waals surface area contributed by atoms with Crippen LogP contribution in [0, 0.1) is 20.8 Å². The van der Waals surface area contributed by atoms with Gasteiger partial charge in [0.2, 0.25) is 5.91 Å². The summed E-state index contributed by atoms with van der Waals surface area (Å²) in [6, 6.07) is 14.2. The molecule has 0 saturated carbocycles. The molecule has 0 unspecified atom stereocenters. The zero-order valence-corrected chi connectivity index (χ0v) is 13.8. The van der Waals surface area contributed by atoms with Crippen molar-refractivity contribution in [2.24, 2.45) is 0 Å². The molecule has 0 heterocycles. The van der Waals surface area contributed by atoms with Gasteiger partial charge in [0, 0.05) is 17.9 Å². The number of hydrogen-bond acceptors (Lipinski definition) is 2. The number of amides is 1. The van der Waals surface area contributed by atoms with Crippen molar-refractivity contribution in [3.8, 4) is 0 Å². The minimum Gasteiger partial charge on any atom is -0.376 e. The number of likely N-dealkylation sites (N-methyl/N-ethyl adjacent to an activating group) is 1. The van der Waals surface area contributed by atoms with E-state index in [0.717, 1.165) is 16.9 Å². The quantitative estimate of drug-likeness (QED) is 0.901. The van der Waals surface area contributed by atoms with Crippen LogP contribution in [-0.4, -0.2) is 19.0 Å². The first-order valence-corrected chi connectivity index (χ1v) is 7.69. The molecule has 0 saturated heterocycles. The highest BCUT2D eigenvalue weighted by Gasteiger charge is 2.13. The third-order valence-corrected chi connectivity index (χ3v) is 3.88. The van der Waals surface area contributed by atoms with Gasteiger partial charge in [-0.3, -0.25) is 4.79 Å². The second-order valence-electron chi connectivity index (χ2n) is 5.63. The Morgan fingerprint density at radius 3 is 2.45 bits per heavy atom. The van der Waals surface area contributed by atoms with Gasteiger partial charge in [0.15, 0.2) is 0 Å². The van der Waals surface area contributed by atoms with Crippen molar-refractivity contribution in [2.75, 3.05) is 23.3 Å². The molecule has 0 bridgehead atoms. The van der Waals surface area contributed by atoms with Gasteiger partial charge in [0.1, 0.15) is 0 Å². The standard InChI is InChI=1S/C19H24N2O/c1-5-21(18-8-6-7-14(2)11-18)19(22)13-20-17-10-9-15(3)16(4)12-17/h6-12,20H,5,13H2,1-4H3. The summed E-state index contributed by atoms with van der Waals surface area (Å²) in [5.74, 6) is 0.0753. The molecule has 0 aliphatic heterocycles. The van der Waals surface area contributed by atoms with Crippen LogP contribution in [0.2, 0.25) is 0 Å². The van der Waals surface area contributed by atoms with Gasteiger partial charge in [-0.2, -0.15) is 0 Å². The number of hydrogen-bond donors (Lipinski definition) is 1.